The van der Waals surface area contributed by atoms with Crippen molar-refractivity contribution in [3.8, 4) is 6.07 Å². The molecule has 0 saturated heterocycles. The predicted octanol–water partition coefficient (Wildman–Crippen LogP) is 5.39. The van der Waals surface area contributed by atoms with Gasteiger partial charge in [-0.3, -0.25) is 9.80 Å². The van der Waals surface area contributed by atoms with Gasteiger partial charge < -0.3 is 5.73 Å². The zero-order valence-electron chi connectivity index (χ0n) is 19.6. The first-order chi connectivity index (χ1) is 15.9. The SMILES string of the molecule is CCSc1sc(CC)cc1[C@@H]1C(C#N)=C(N)N(N(C)C)C2=C1C(=O)C[C@H](c1ccccc1)C2. The van der Waals surface area contributed by atoms with Crippen LogP contribution in [0.15, 0.2) is 63.3 Å². The summed E-state index contributed by atoms with van der Waals surface area (Å²) in [6.07, 6.45) is 2.08. The number of Topliss-reactive ketones (excluding diaryl/α,β-unsaturated/α-hetero) is 1. The van der Waals surface area contributed by atoms with E-state index in [1.807, 2.05) is 42.3 Å². The van der Waals surface area contributed by atoms with Crippen molar-refractivity contribution in [1.29, 1.82) is 5.26 Å². The molecule has 0 spiro atoms. The van der Waals surface area contributed by atoms with Crippen LogP contribution < -0.4 is 5.73 Å². The fraction of sp³-hybridized carbons (Fsp3) is 0.385. The van der Waals surface area contributed by atoms with E-state index >= 15 is 0 Å². The van der Waals surface area contributed by atoms with Gasteiger partial charge in [-0.25, -0.2) is 5.01 Å². The lowest BCUT2D eigenvalue weighted by Gasteiger charge is -2.43. The Morgan fingerprint density at radius 3 is 2.58 bits per heavy atom. The van der Waals surface area contributed by atoms with E-state index in [9.17, 15) is 10.1 Å². The van der Waals surface area contributed by atoms with Gasteiger partial charge in [-0.1, -0.05) is 44.2 Å². The summed E-state index contributed by atoms with van der Waals surface area (Å²) in [7, 11) is 3.81. The van der Waals surface area contributed by atoms with Gasteiger partial charge in [-0.15, -0.1) is 23.1 Å². The average Bonchev–Trinajstić information content (AvgIpc) is 3.21. The van der Waals surface area contributed by atoms with E-state index in [4.69, 9.17) is 5.73 Å². The Labute approximate surface area is 204 Å². The summed E-state index contributed by atoms with van der Waals surface area (Å²) in [4.78, 5) is 15.1. The lowest BCUT2D eigenvalue weighted by atomic mass is 9.72. The third-order valence-electron chi connectivity index (χ3n) is 6.32. The van der Waals surface area contributed by atoms with Gasteiger partial charge >= 0.3 is 0 Å². The number of carbonyl (C=O) groups excluding carboxylic acids is 1. The van der Waals surface area contributed by atoms with E-state index < -0.39 is 5.92 Å². The summed E-state index contributed by atoms with van der Waals surface area (Å²) in [6, 6.07) is 14.8. The van der Waals surface area contributed by atoms with Gasteiger partial charge in [-0.2, -0.15) is 5.26 Å². The first-order valence-corrected chi connectivity index (χ1v) is 13.1. The van der Waals surface area contributed by atoms with Crippen molar-refractivity contribution in [2.24, 2.45) is 5.73 Å². The van der Waals surface area contributed by atoms with Crippen LogP contribution in [0.1, 0.15) is 54.5 Å². The molecule has 2 heterocycles. The predicted molar refractivity (Wildman–Crippen MR) is 136 cm³/mol. The maximum absolute atomic E-state index is 13.8. The number of carbonyl (C=O) groups is 1. The molecule has 172 valence electrons. The minimum absolute atomic E-state index is 0.0927. The van der Waals surface area contributed by atoms with E-state index in [2.05, 4.69) is 38.1 Å². The van der Waals surface area contributed by atoms with E-state index in [-0.39, 0.29) is 11.7 Å². The van der Waals surface area contributed by atoms with Crippen LogP contribution in [-0.2, 0) is 11.2 Å². The molecule has 1 aromatic heterocycles. The maximum Gasteiger partial charge on any atom is 0.162 e. The zero-order chi connectivity index (χ0) is 23.7. The van der Waals surface area contributed by atoms with Crippen molar-refractivity contribution in [2.75, 3.05) is 19.8 Å². The monoisotopic (exact) mass is 478 g/mol. The number of hydrazine groups is 1. The molecule has 2 aliphatic rings. The Kier molecular flexibility index (Phi) is 6.99. The highest BCUT2D eigenvalue weighted by atomic mass is 32.2. The van der Waals surface area contributed by atoms with Crippen molar-refractivity contribution < 1.29 is 4.79 Å². The molecule has 0 radical (unpaired) electrons. The van der Waals surface area contributed by atoms with Crippen LogP contribution in [0, 0.1) is 11.3 Å². The Morgan fingerprint density at radius 2 is 1.97 bits per heavy atom. The number of ketones is 1. The molecule has 0 amide bonds. The van der Waals surface area contributed by atoms with Gasteiger partial charge in [0.1, 0.15) is 5.82 Å². The first-order valence-electron chi connectivity index (χ1n) is 11.3. The molecule has 1 aliphatic carbocycles. The second-order valence-electron chi connectivity index (χ2n) is 8.54. The van der Waals surface area contributed by atoms with Gasteiger partial charge in [0.05, 0.1) is 21.8 Å². The van der Waals surface area contributed by atoms with Crippen LogP contribution in [0.3, 0.4) is 0 Å². The molecule has 4 rings (SSSR count). The molecule has 0 saturated carbocycles. The maximum atomic E-state index is 13.8. The molecular weight excluding hydrogens is 448 g/mol. The fourth-order valence-electron chi connectivity index (χ4n) is 4.90. The number of hydrogen-bond acceptors (Lipinski definition) is 7. The minimum Gasteiger partial charge on any atom is -0.383 e. The van der Waals surface area contributed by atoms with E-state index in [1.165, 1.54) is 9.09 Å². The number of nitrogens with two attached hydrogens (primary N) is 1. The zero-order valence-corrected chi connectivity index (χ0v) is 21.2. The molecule has 2 N–H and O–H groups in total. The number of thiophene rings is 1. The molecule has 0 bridgehead atoms. The topological polar surface area (TPSA) is 73.4 Å². The molecule has 1 aliphatic heterocycles. The van der Waals surface area contributed by atoms with Gasteiger partial charge in [-0.05, 0) is 41.7 Å². The highest BCUT2D eigenvalue weighted by Gasteiger charge is 2.44. The molecule has 7 heteroatoms. The molecule has 5 nitrogen and oxygen atoms in total. The van der Waals surface area contributed by atoms with E-state index in [0.717, 1.165) is 34.6 Å². The number of rotatable bonds is 6. The highest BCUT2D eigenvalue weighted by Crippen LogP contribution is 2.51. The standard InChI is InChI=1S/C26H30N4OS2/c1-5-18-14-19(26(33-18)32-6-2)23-20(15-27)25(28)30(29(3)4)21-12-17(13-22(31)24(21)23)16-10-8-7-9-11-16/h7-11,14,17,23H,5-6,12-13,28H2,1-4H3/t17-,23-/m1/s1. The summed E-state index contributed by atoms with van der Waals surface area (Å²) in [5.41, 5.74) is 11.0. The largest absolute Gasteiger partial charge is 0.383 e. The number of nitriles is 1. The third-order valence-corrected chi connectivity index (χ3v) is 8.80. The van der Waals surface area contributed by atoms with Crippen molar-refractivity contribution in [3.63, 3.8) is 0 Å². The van der Waals surface area contributed by atoms with Gasteiger partial charge in [0.25, 0.3) is 0 Å². The van der Waals surface area contributed by atoms with Crippen LogP contribution in [0.2, 0.25) is 0 Å². The molecule has 2 atom stereocenters. The Morgan fingerprint density at radius 1 is 1.24 bits per heavy atom. The Bertz CT molecular complexity index is 1160. The number of allylic oxidation sites excluding steroid dienone is 3. The summed E-state index contributed by atoms with van der Waals surface area (Å²) in [6.45, 7) is 4.27. The highest BCUT2D eigenvalue weighted by molar-refractivity contribution is 8.01. The van der Waals surface area contributed by atoms with Gasteiger partial charge in [0, 0.05) is 36.7 Å². The molecule has 0 unspecified atom stereocenters. The smallest absolute Gasteiger partial charge is 0.162 e. The number of aryl methyl sites for hydroxylation is 1. The summed E-state index contributed by atoms with van der Waals surface area (Å²) >= 11 is 3.55. The van der Waals surface area contributed by atoms with Crippen LogP contribution in [0.4, 0.5) is 0 Å². The number of nitrogens with zero attached hydrogens (tertiary/aromatic N) is 3. The molecule has 2 aromatic rings. The van der Waals surface area contributed by atoms with Gasteiger partial charge in [0.2, 0.25) is 0 Å². The van der Waals surface area contributed by atoms with Crippen LogP contribution >= 0.6 is 23.1 Å². The summed E-state index contributed by atoms with van der Waals surface area (Å²) < 4.78 is 1.18. The van der Waals surface area contributed by atoms with Crippen LogP contribution in [0.25, 0.3) is 0 Å². The van der Waals surface area contributed by atoms with Crippen molar-refractivity contribution in [1.82, 2.24) is 10.0 Å². The van der Waals surface area contributed by atoms with Crippen LogP contribution in [-0.4, -0.2) is 35.6 Å². The lowest BCUT2D eigenvalue weighted by Crippen LogP contribution is -2.46. The number of benzene rings is 1. The van der Waals surface area contributed by atoms with Crippen molar-refractivity contribution in [3.05, 3.63) is 75.1 Å². The molecule has 1 aromatic carbocycles. The average molecular weight is 479 g/mol. The van der Waals surface area contributed by atoms with Gasteiger partial charge in [0.15, 0.2) is 5.78 Å². The van der Waals surface area contributed by atoms with Crippen molar-refractivity contribution >= 4 is 28.9 Å². The number of thioether (sulfide) groups is 1. The van der Waals surface area contributed by atoms with Crippen LogP contribution in [0.5, 0.6) is 0 Å². The summed E-state index contributed by atoms with van der Waals surface area (Å²) in [5, 5.41) is 14.0. The fourth-order valence-corrected chi connectivity index (χ4v) is 7.28. The second-order valence-corrected chi connectivity index (χ2v) is 11.2. The van der Waals surface area contributed by atoms with E-state index in [1.54, 1.807) is 23.1 Å². The Balaban J connectivity index is 1.92. The lowest BCUT2D eigenvalue weighted by molar-refractivity contribution is -0.117. The minimum atomic E-state index is -0.406. The third kappa shape index (κ3) is 4.23. The second kappa shape index (κ2) is 9.76. The first kappa shape index (κ1) is 23.6. The van der Waals surface area contributed by atoms with Crippen molar-refractivity contribution in [2.45, 2.75) is 49.2 Å². The molecular formula is C26H30N4OS2. The molecule has 0 fully saturated rings. The van der Waals surface area contributed by atoms with E-state index in [0.29, 0.717) is 24.2 Å². The normalized spacial score (nSPS) is 21.0. The Hall–Kier alpha value is -2.53. The quantitative estimate of drug-likeness (QED) is 0.561. The number of hydrogen-bond donors (Lipinski definition) is 1. The molecule has 33 heavy (non-hydrogen) atoms. The summed E-state index contributed by atoms with van der Waals surface area (Å²) in [5.74, 6) is 1.15.